The van der Waals surface area contributed by atoms with Crippen molar-refractivity contribution in [1.29, 1.82) is 0 Å². The van der Waals surface area contributed by atoms with Crippen LogP contribution in [0, 0.1) is 22.0 Å². The van der Waals surface area contributed by atoms with Gasteiger partial charge in [0, 0.05) is 22.8 Å². The molecule has 0 spiro atoms. The molecule has 0 aromatic heterocycles. The summed E-state index contributed by atoms with van der Waals surface area (Å²) in [6, 6.07) is 10.8. The van der Waals surface area contributed by atoms with E-state index >= 15 is 0 Å². The van der Waals surface area contributed by atoms with Gasteiger partial charge in [-0.3, -0.25) is 15.1 Å². The number of aliphatic hydroxyl groups excluding tert-OH is 1. The topological polar surface area (TPSA) is 147 Å². The zero-order chi connectivity index (χ0) is 29.4. The van der Waals surface area contributed by atoms with Gasteiger partial charge in [-0.15, -0.1) is 0 Å². The van der Waals surface area contributed by atoms with Crippen molar-refractivity contribution in [3.8, 4) is 5.75 Å². The van der Waals surface area contributed by atoms with Gasteiger partial charge in [0.05, 0.1) is 23.8 Å². The monoisotopic (exact) mass is 586 g/mol. The molecule has 2 saturated carbocycles. The van der Waals surface area contributed by atoms with Crippen LogP contribution in [-0.2, 0) is 0 Å². The lowest BCUT2D eigenvalue weighted by molar-refractivity contribution is -0.384. The first-order valence-corrected chi connectivity index (χ1v) is 15.0. The molecule has 10 nitrogen and oxygen atoms in total. The van der Waals surface area contributed by atoms with Crippen molar-refractivity contribution < 1.29 is 14.8 Å². The molecule has 0 bridgehead atoms. The van der Waals surface area contributed by atoms with Crippen molar-refractivity contribution >= 4 is 34.4 Å². The number of hydrazine groups is 1. The first-order valence-electron chi connectivity index (χ1n) is 14.6. The maximum atomic E-state index is 11.6. The number of nitro benzene ring substituents is 1. The van der Waals surface area contributed by atoms with Crippen LogP contribution in [0.15, 0.2) is 47.5 Å². The number of rotatable bonds is 11. The molecular formula is C30H43ClN6O4. The molecule has 41 heavy (non-hydrogen) atoms. The number of aliphatic hydroxyl groups is 1. The molecule has 0 heterocycles. The Kier molecular flexibility index (Phi) is 11.2. The minimum absolute atomic E-state index is 0.0581. The second kappa shape index (κ2) is 14.8. The molecular weight excluding hydrogens is 544 g/mol. The Bertz CT molecular complexity index is 1190. The van der Waals surface area contributed by atoms with E-state index < -0.39 is 17.2 Å². The molecule has 224 valence electrons. The van der Waals surface area contributed by atoms with E-state index in [2.05, 4.69) is 16.2 Å². The molecule has 2 fully saturated rings. The van der Waals surface area contributed by atoms with E-state index in [1.165, 1.54) is 50.7 Å². The standard InChI is InChI=1S/C30H43ClN6O4/c1-19(33-26-17-21(13-15-23(26)32)20-9-5-3-4-6-10-20)29(30(38)34-25-11-7-8-12-28(25)41-2)36-35-24-16-14-22(31)18-27(24)37(39)40/h7-8,11-12,14,16,18,20-21,23,26,29-30,34-36,38H,3-6,9-10,13,15,17,32H2,1-2H3. The van der Waals surface area contributed by atoms with Crippen LogP contribution in [0.5, 0.6) is 5.75 Å². The summed E-state index contributed by atoms with van der Waals surface area (Å²) in [4.78, 5) is 16.2. The van der Waals surface area contributed by atoms with Crippen molar-refractivity contribution in [2.45, 2.75) is 89.1 Å². The lowest BCUT2D eigenvalue weighted by atomic mass is 9.73. The highest BCUT2D eigenvalue weighted by molar-refractivity contribution is 6.30. The smallest absolute Gasteiger partial charge is 0.295 e. The molecule has 5 atom stereocenters. The second-order valence-corrected chi connectivity index (χ2v) is 11.7. The number of anilines is 2. The number of benzene rings is 2. The first-order chi connectivity index (χ1) is 19.8. The Morgan fingerprint density at radius 1 is 1.10 bits per heavy atom. The molecule has 6 N–H and O–H groups in total. The molecule has 4 rings (SSSR count). The van der Waals surface area contributed by atoms with Gasteiger partial charge >= 0.3 is 0 Å². The number of nitrogens with one attached hydrogen (secondary N) is 3. The first kappa shape index (κ1) is 31.0. The fourth-order valence-electron chi connectivity index (χ4n) is 6.24. The van der Waals surface area contributed by atoms with Gasteiger partial charge in [-0.05, 0) is 62.3 Å². The summed E-state index contributed by atoms with van der Waals surface area (Å²) in [5.41, 5.74) is 13.8. The quantitative estimate of drug-likeness (QED) is 0.0719. The third kappa shape index (κ3) is 8.31. The van der Waals surface area contributed by atoms with Crippen molar-refractivity contribution in [2.75, 3.05) is 17.9 Å². The lowest BCUT2D eigenvalue weighted by Crippen LogP contribution is -2.52. The molecule has 0 aliphatic heterocycles. The van der Waals surface area contributed by atoms with Gasteiger partial charge in [0.15, 0.2) is 0 Å². The Morgan fingerprint density at radius 2 is 1.83 bits per heavy atom. The number of nitro groups is 1. The molecule has 5 unspecified atom stereocenters. The van der Waals surface area contributed by atoms with Crippen molar-refractivity contribution in [3.63, 3.8) is 0 Å². The summed E-state index contributed by atoms with van der Waals surface area (Å²) in [6.07, 6.45) is 9.66. The molecule has 0 saturated heterocycles. The van der Waals surface area contributed by atoms with Crippen molar-refractivity contribution in [2.24, 2.45) is 22.6 Å². The van der Waals surface area contributed by atoms with E-state index in [0.29, 0.717) is 23.1 Å². The second-order valence-electron chi connectivity index (χ2n) is 11.3. The maximum Gasteiger partial charge on any atom is 0.295 e. The van der Waals surface area contributed by atoms with Gasteiger partial charge in [-0.25, -0.2) is 5.43 Å². The molecule has 0 radical (unpaired) electrons. The summed E-state index contributed by atoms with van der Waals surface area (Å²) in [5.74, 6) is 1.90. The van der Waals surface area contributed by atoms with Gasteiger partial charge in [0.1, 0.15) is 23.7 Å². The van der Waals surface area contributed by atoms with E-state index in [-0.39, 0.29) is 28.5 Å². The normalized spacial score (nSPS) is 23.7. The van der Waals surface area contributed by atoms with Crippen LogP contribution in [0.3, 0.4) is 0 Å². The van der Waals surface area contributed by atoms with Gasteiger partial charge in [-0.1, -0.05) is 62.3 Å². The van der Waals surface area contributed by atoms with E-state index in [9.17, 15) is 15.2 Å². The van der Waals surface area contributed by atoms with Crippen molar-refractivity contribution in [1.82, 2.24) is 5.43 Å². The Balaban J connectivity index is 1.57. The predicted octanol–water partition coefficient (Wildman–Crippen LogP) is 5.90. The van der Waals surface area contributed by atoms with Gasteiger partial charge in [0.25, 0.3) is 5.69 Å². The highest BCUT2D eigenvalue weighted by atomic mass is 35.5. The predicted molar refractivity (Wildman–Crippen MR) is 165 cm³/mol. The minimum Gasteiger partial charge on any atom is -0.495 e. The summed E-state index contributed by atoms with van der Waals surface area (Å²) >= 11 is 6.00. The number of hydrogen-bond donors (Lipinski definition) is 5. The summed E-state index contributed by atoms with van der Waals surface area (Å²) in [6.45, 7) is 1.85. The number of hydrogen-bond acceptors (Lipinski definition) is 9. The summed E-state index contributed by atoms with van der Waals surface area (Å²) in [5, 5.41) is 26.4. The molecule has 2 aromatic carbocycles. The van der Waals surface area contributed by atoms with E-state index in [1.54, 1.807) is 25.3 Å². The van der Waals surface area contributed by atoms with E-state index in [4.69, 9.17) is 27.1 Å². The average molecular weight is 587 g/mol. The molecule has 2 aromatic rings. The number of nitrogens with two attached hydrogens (primary N) is 1. The zero-order valence-electron chi connectivity index (χ0n) is 23.9. The van der Waals surface area contributed by atoms with Crippen LogP contribution in [0.1, 0.15) is 64.7 Å². The minimum atomic E-state index is -1.16. The van der Waals surface area contributed by atoms with Crippen LogP contribution in [0.4, 0.5) is 17.1 Å². The van der Waals surface area contributed by atoms with Gasteiger partial charge in [0.2, 0.25) is 0 Å². The molecule has 0 amide bonds. The third-order valence-electron chi connectivity index (χ3n) is 8.54. The van der Waals surface area contributed by atoms with Gasteiger partial charge < -0.3 is 26.3 Å². The van der Waals surface area contributed by atoms with Gasteiger partial charge in [-0.2, -0.15) is 0 Å². The highest BCUT2D eigenvalue weighted by Crippen LogP contribution is 2.38. The average Bonchev–Trinajstić information content (AvgIpc) is 3.25. The number of aliphatic imine (C=N–C) groups is 1. The number of para-hydroxylation sites is 2. The Hall–Kier alpha value is -2.92. The van der Waals surface area contributed by atoms with Crippen LogP contribution in [0.25, 0.3) is 0 Å². The fraction of sp³-hybridized carbons (Fsp3) is 0.567. The summed E-state index contributed by atoms with van der Waals surface area (Å²) in [7, 11) is 1.56. The number of nitrogens with zero attached hydrogens (tertiary/aromatic N) is 2. The van der Waals surface area contributed by atoms with Crippen LogP contribution in [-0.4, -0.2) is 47.2 Å². The zero-order valence-corrected chi connectivity index (χ0v) is 24.6. The largest absolute Gasteiger partial charge is 0.495 e. The van der Waals surface area contributed by atoms with Crippen LogP contribution in [0.2, 0.25) is 5.02 Å². The highest BCUT2D eigenvalue weighted by Gasteiger charge is 2.34. The van der Waals surface area contributed by atoms with E-state index in [0.717, 1.165) is 25.2 Å². The number of ether oxygens (including phenoxy) is 1. The fourth-order valence-corrected chi connectivity index (χ4v) is 6.40. The number of halogens is 1. The van der Waals surface area contributed by atoms with Crippen LogP contribution < -0.4 is 26.6 Å². The molecule has 2 aliphatic carbocycles. The third-order valence-corrected chi connectivity index (χ3v) is 8.78. The van der Waals surface area contributed by atoms with Crippen molar-refractivity contribution in [3.05, 3.63) is 57.6 Å². The van der Waals surface area contributed by atoms with Crippen LogP contribution >= 0.6 is 11.6 Å². The summed E-state index contributed by atoms with van der Waals surface area (Å²) < 4.78 is 5.44. The SMILES string of the molecule is COc1ccccc1NC(O)C(NNc1ccc(Cl)cc1[N+](=O)[O-])C(C)=NC1CC(C2CCCCCC2)CCC1N. The van der Waals surface area contributed by atoms with E-state index in [1.807, 2.05) is 19.1 Å². The Labute approximate surface area is 247 Å². The Morgan fingerprint density at radius 3 is 2.54 bits per heavy atom. The lowest BCUT2D eigenvalue weighted by Gasteiger charge is -2.37. The number of methoxy groups -OCH3 is 1. The molecule has 2 aliphatic rings. The maximum absolute atomic E-state index is 11.6. The molecule has 11 heteroatoms.